The molecule has 6 rings (SSSR count). The molecule has 0 bridgehead atoms. The van der Waals surface area contributed by atoms with Crippen LogP contribution in [0, 0.1) is 5.92 Å². The van der Waals surface area contributed by atoms with E-state index in [1.807, 2.05) is 35.9 Å². The molecule has 1 aromatic carbocycles. The van der Waals surface area contributed by atoms with E-state index in [4.69, 9.17) is 0 Å². The fourth-order valence-corrected chi connectivity index (χ4v) is 5.73. The largest absolute Gasteiger partial charge is 0.433 e. The fourth-order valence-electron chi connectivity index (χ4n) is 5.73. The number of H-pyrrole nitrogens is 1. The zero-order chi connectivity index (χ0) is 26.6. The van der Waals surface area contributed by atoms with Crippen LogP contribution < -0.4 is 5.32 Å². The normalized spacial score (nSPS) is 21.7. The average molecular weight is 526 g/mol. The number of rotatable bonds is 7. The third kappa shape index (κ3) is 4.47. The number of aromatic nitrogens is 6. The van der Waals surface area contributed by atoms with E-state index in [1.54, 1.807) is 13.3 Å². The molecule has 0 spiro atoms. The highest BCUT2D eigenvalue weighted by Gasteiger charge is 2.36. The predicted molar refractivity (Wildman–Crippen MR) is 135 cm³/mol. The Labute approximate surface area is 217 Å². The van der Waals surface area contributed by atoms with E-state index in [0.29, 0.717) is 35.4 Å². The van der Waals surface area contributed by atoms with Gasteiger partial charge in [-0.2, -0.15) is 18.3 Å². The number of aliphatic hydroxyl groups excluding tert-OH is 1. The maximum Gasteiger partial charge on any atom is 0.433 e. The molecule has 2 saturated carbocycles. The number of fused-ring (bicyclic) bond motifs is 1. The minimum Gasteiger partial charge on any atom is -0.393 e. The molecule has 200 valence electrons. The van der Waals surface area contributed by atoms with E-state index in [9.17, 15) is 18.3 Å². The van der Waals surface area contributed by atoms with Crippen LogP contribution in [-0.4, -0.2) is 47.2 Å². The van der Waals surface area contributed by atoms with Gasteiger partial charge in [-0.05, 0) is 56.2 Å². The van der Waals surface area contributed by atoms with E-state index in [-0.39, 0.29) is 23.8 Å². The van der Waals surface area contributed by atoms with Gasteiger partial charge in [0.05, 0.1) is 17.3 Å². The molecule has 2 aliphatic carbocycles. The maximum absolute atomic E-state index is 13.9. The van der Waals surface area contributed by atoms with Gasteiger partial charge in [-0.1, -0.05) is 24.6 Å². The molecule has 0 aliphatic heterocycles. The molecule has 3 heterocycles. The van der Waals surface area contributed by atoms with E-state index >= 15 is 0 Å². The van der Waals surface area contributed by atoms with Crippen molar-refractivity contribution in [3.8, 4) is 11.3 Å². The summed E-state index contributed by atoms with van der Waals surface area (Å²) in [6.45, 7) is 1.79. The first kappa shape index (κ1) is 25.0. The minimum atomic E-state index is -4.60. The van der Waals surface area contributed by atoms with Crippen LogP contribution in [0.1, 0.15) is 73.8 Å². The summed E-state index contributed by atoms with van der Waals surface area (Å²) in [6, 6.07) is 8.51. The van der Waals surface area contributed by atoms with Crippen molar-refractivity contribution in [2.24, 2.45) is 13.0 Å². The van der Waals surface area contributed by atoms with Gasteiger partial charge < -0.3 is 15.0 Å². The highest BCUT2D eigenvalue weighted by molar-refractivity contribution is 5.94. The first-order chi connectivity index (χ1) is 18.2. The maximum atomic E-state index is 13.9. The van der Waals surface area contributed by atoms with Gasteiger partial charge in [0, 0.05) is 36.0 Å². The summed E-state index contributed by atoms with van der Waals surface area (Å²) in [4.78, 5) is 4.00. The van der Waals surface area contributed by atoms with Crippen molar-refractivity contribution in [2.75, 3.05) is 0 Å². The molecule has 11 heteroatoms. The second-order valence-corrected chi connectivity index (χ2v) is 10.7. The monoisotopic (exact) mass is 525 g/mol. The van der Waals surface area contributed by atoms with Gasteiger partial charge in [-0.25, -0.2) is 4.98 Å². The summed E-state index contributed by atoms with van der Waals surface area (Å²) in [5.74, 6) is 1.37. The molecule has 0 amide bonds. The standard InChI is InChI=1S/C27H30F3N7O/c1-14(32-18-10-19(38)11-18)23-25-20(12-21(33-23)27(28,29)30)24(34-35-25)17-8-4-7-16(9-17)22(15-5-3-6-15)26-36-31-13-37(26)2/h4,7-9,12-15,18-19,22,32,38H,3,5-6,10-11H2,1-2H3,(H,34,35)/t14-,18?,19?,22-/m1/s1. The van der Waals surface area contributed by atoms with E-state index in [0.717, 1.165) is 35.9 Å². The number of pyridine rings is 1. The summed E-state index contributed by atoms with van der Waals surface area (Å²) in [6.07, 6.45) is 1.23. The van der Waals surface area contributed by atoms with Gasteiger partial charge >= 0.3 is 6.18 Å². The summed E-state index contributed by atoms with van der Waals surface area (Å²) in [7, 11) is 1.93. The molecule has 4 aromatic rings. The quantitative estimate of drug-likeness (QED) is 0.318. The first-order valence-corrected chi connectivity index (χ1v) is 13.0. The Kier molecular flexibility index (Phi) is 6.22. The second-order valence-electron chi connectivity index (χ2n) is 10.7. The number of hydrogen-bond acceptors (Lipinski definition) is 6. The van der Waals surface area contributed by atoms with Gasteiger partial charge in [-0.3, -0.25) is 5.10 Å². The number of aromatic amines is 1. The Morgan fingerprint density at radius 3 is 2.61 bits per heavy atom. The number of hydrogen-bond donors (Lipinski definition) is 3. The average Bonchev–Trinajstić information content (AvgIpc) is 3.45. The van der Waals surface area contributed by atoms with Crippen molar-refractivity contribution >= 4 is 10.9 Å². The first-order valence-electron chi connectivity index (χ1n) is 13.0. The highest BCUT2D eigenvalue weighted by Crippen LogP contribution is 2.44. The van der Waals surface area contributed by atoms with Crippen molar-refractivity contribution in [1.29, 1.82) is 0 Å². The third-order valence-corrected chi connectivity index (χ3v) is 8.05. The van der Waals surface area contributed by atoms with E-state index in [2.05, 4.69) is 30.7 Å². The Bertz CT molecular complexity index is 1450. The molecular weight excluding hydrogens is 495 g/mol. The van der Waals surface area contributed by atoms with Gasteiger partial charge in [0.15, 0.2) is 0 Å². The molecule has 2 fully saturated rings. The Morgan fingerprint density at radius 1 is 1.18 bits per heavy atom. The lowest BCUT2D eigenvalue weighted by Crippen LogP contribution is -2.45. The topological polar surface area (TPSA) is 105 Å². The Hall–Kier alpha value is -3.31. The lowest BCUT2D eigenvalue weighted by molar-refractivity contribution is -0.141. The molecular formula is C27H30F3N7O. The SMILES string of the molecule is C[C@@H](NC1CC(O)C1)c1nc(C(F)(F)F)cc2c(-c3cccc([C@H](c4nncn4C)C4CCC4)c3)n[nH]c12. The lowest BCUT2D eigenvalue weighted by Gasteiger charge is -2.34. The zero-order valence-electron chi connectivity index (χ0n) is 21.2. The second kappa shape index (κ2) is 9.46. The van der Waals surface area contributed by atoms with Crippen LogP contribution in [-0.2, 0) is 13.2 Å². The van der Waals surface area contributed by atoms with Gasteiger partial charge in [-0.15, -0.1) is 10.2 Å². The molecule has 3 aromatic heterocycles. The van der Waals surface area contributed by atoms with Crippen LogP contribution in [0.5, 0.6) is 0 Å². The third-order valence-electron chi connectivity index (χ3n) is 8.05. The van der Waals surface area contributed by atoms with E-state index < -0.39 is 17.9 Å². The summed E-state index contributed by atoms with van der Waals surface area (Å²) in [5.41, 5.74) is 2.01. The van der Waals surface area contributed by atoms with Crippen molar-refractivity contribution in [2.45, 2.75) is 69.3 Å². The van der Waals surface area contributed by atoms with Crippen LogP contribution in [0.2, 0.25) is 0 Å². The van der Waals surface area contributed by atoms with Crippen LogP contribution in [0.15, 0.2) is 36.7 Å². The molecule has 3 N–H and O–H groups in total. The lowest BCUT2D eigenvalue weighted by atomic mass is 9.72. The predicted octanol–water partition coefficient (Wildman–Crippen LogP) is 4.88. The summed E-state index contributed by atoms with van der Waals surface area (Å²) in [5, 5.41) is 29.2. The number of alkyl halides is 3. The van der Waals surface area contributed by atoms with Gasteiger partial charge in [0.1, 0.15) is 23.5 Å². The number of aliphatic hydroxyl groups is 1. The zero-order valence-corrected chi connectivity index (χ0v) is 21.2. The number of benzene rings is 1. The number of nitrogens with zero attached hydrogens (tertiary/aromatic N) is 5. The van der Waals surface area contributed by atoms with Crippen molar-refractivity contribution in [1.82, 2.24) is 35.3 Å². The van der Waals surface area contributed by atoms with Crippen molar-refractivity contribution < 1.29 is 18.3 Å². The summed E-state index contributed by atoms with van der Waals surface area (Å²) < 4.78 is 43.7. The van der Waals surface area contributed by atoms with Crippen LogP contribution in [0.3, 0.4) is 0 Å². The van der Waals surface area contributed by atoms with Crippen LogP contribution >= 0.6 is 0 Å². The molecule has 2 aliphatic rings. The van der Waals surface area contributed by atoms with Gasteiger partial charge in [0.2, 0.25) is 0 Å². The van der Waals surface area contributed by atoms with Crippen molar-refractivity contribution in [3.05, 3.63) is 59.4 Å². The molecule has 8 nitrogen and oxygen atoms in total. The smallest absolute Gasteiger partial charge is 0.393 e. The Balaban J connectivity index is 1.42. The molecule has 0 unspecified atom stereocenters. The minimum absolute atomic E-state index is 0.0366. The van der Waals surface area contributed by atoms with Crippen LogP contribution in [0.25, 0.3) is 22.2 Å². The molecule has 2 atom stereocenters. The number of aryl methyl sites for hydroxylation is 1. The Morgan fingerprint density at radius 2 is 1.97 bits per heavy atom. The van der Waals surface area contributed by atoms with Crippen LogP contribution in [0.4, 0.5) is 13.2 Å². The fraction of sp³-hybridized carbons (Fsp3) is 0.481. The molecule has 0 saturated heterocycles. The number of halogens is 3. The summed E-state index contributed by atoms with van der Waals surface area (Å²) >= 11 is 0. The van der Waals surface area contributed by atoms with Crippen molar-refractivity contribution in [3.63, 3.8) is 0 Å². The van der Waals surface area contributed by atoms with Gasteiger partial charge in [0.25, 0.3) is 0 Å². The molecule has 0 radical (unpaired) electrons. The number of nitrogens with one attached hydrogen (secondary N) is 2. The van der Waals surface area contributed by atoms with E-state index in [1.165, 1.54) is 6.42 Å². The molecule has 38 heavy (non-hydrogen) atoms. The highest BCUT2D eigenvalue weighted by atomic mass is 19.4.